The predicted octanol–water partition coefficient (Wildman–Crippen LogP) is 2.20. The third kappa shape index (κ3) is 2.46. The summed E-state index contributed by atoms with van der Waals surface area (Å²) in [5, 5.41) is 4.08. The Hall–Kier alpha value is -2.09. The van der Waals surface area contributed by atoms with Crippen LogP contribution in [-0.4, -0.2) is 19.3 Å². The van der Waals surface area contributed by atoms with Gasteiger partial charge >= 0.3 is 0 Å². The van der Waals surface area contributed by atoms with Gasteiger partial charge in [0.1, 0.15) is 16.9 Å². The fourth-order valence-corrected chi connectivity index (χ4v) is 3.14. The van der Waals surface area contributed by atoms with Crippen molar-refractivity contribution in [3.05, 3.63) is 22.4 Å². The lowest BCUT2D eigenvalue weighted by molar-refractivity contribution is 0.421. The number of hydrogen-bond donors (Lipinski definition) is 0. The van der Waals surface area contributed by atoms with Gasteiger partial charge in [-0.05, 0) is 19.8 Å². The highest BCUT2D eigenvalue weighted by Crippen LogP contribution is 2.33. The van der Waals surface area contributed by atoms with Gasteiger partial charge in [-0.15, -0.1) is 5.92 Å². The van der Waals surface area contributed by atoms with Crippen LogP contribution < -0.4 is 5.56 Å². The van der Waals surface area contributed by atoms with Crippen molar-refractivity contribution < 1.29 is 0 Å². The molecule has 0 saturated heterocycles. The molecule has 0 radical (unpaired) electrons. The van der Waals surface area contributed by atoms with E-state index in [1.807, 2.05) is 11.5 Å². The number of imidazole rings is 1. The van der Waals surface area contributed by atoms with Gasteiger partial charge in [0.25, 0.3) is 5.56 Å². The van der Waals surface area contributed by atoms with E-state index in [1.54, 1.807) is 13.2 Å². The monoisotopic (exact) mass is 284 g/mol. The van der Waals surface area contributed by atoms with Crippen molar-refractivity contribution in [2.45, 2.75) is 51.5 Å². The second-order valence-electron chi connectivity index (χ2n) is 5.63. The molecule has 0 aliphatic heterocycles. The molecule has 21 heavy (non-hydrogen) atoms. The number of aromatic nitrogens is 4. The summed E-state index contributed by atoms with van der Waals surface area (Å²) < 4.78 is 3.37. The van der Waals surface area contributed by atoms with Crippen molar-refractivity contribution in [1.82, 2.24) is 19.3 Å². The molecule has 0 aromatic carbocycles. The molecular weight excluding hydrogens is 264 g/mol. The highest BCUT2D eigenvalue weighted by molar-refractivity contribution is 5.74. The standard InChI is InChI=1S/C16H20N4O/c1-3-4-10-20-14-13(11-17-19(2)16(14)21)18-15(20)12-8-6-5-7-9-12/h11-12H,5-10H2,1-2H3. The number of hydrogen-bond acceptors (Lipinski definition) is 3. The van der Waals surface area contributed by atoms with Crippen molar-refractivity contribution in [3.8, 4) is 11.8 Å². The number of aryl methyl sites for hydroxylation is 1. The minimum Gasteiger partial charge on any atom is -0.311 e. The summed E-state index contributed by atoms with van der Waals surface area (Å²) in [5.74, 6) is 7.44. The minimum atomic E-state index is -0.0973. The van der Waals surface area contributed by atoms with Crippen LogP contribution in [0, 0.1) is 11.8 Å². The van der Waals surface area contributed by atoms with Crippen LogP contribution in [0.4, 0.5) is 0 Å². The Bertz CT molecular complexity index is 769. The van der Waals surface area contributed by atoms with E-state index < -0.39 is 0 Å². The van der Waals surface area contributed by atoms with Crippen LogP contribution in [0.25, 0.3) is 11.0 Å². The quantitative estimate of drug-likeness (QED) is 0.794. The molecule has 0 N–H and O–H groups in total. The van der Waals surface area contributed by atoms with Gasteiger partial charge in [0.05, 0.1) is 12.7 Å². The van der Waals surface area contributed by atoms with Gasteiger partial charge in [0, 0.05) is 13.0 Å². The predicted molar refractivity (Wildman–Crippen MR) is 82.0 cm³/mol. The number of fused-ring (bicyclic) bond motifs is 1. The Morgan fingerprint density at radius 2 is 2.10 bits per heavy atom. The van der Waals surface area contributed by atoms with Crippen molar-refractivity contribution in [1.29, 1.82) is 0 Å². The highest BCUT2D eigenvalue weighted by Gasteiger charge is 2.23. The van der Waals surface area contributed by atoms with E-state index in [4.69, 9.17) is 4.98 Å². The third-order valence-corrected chi connectivity index (χ3v) is 4.26. The Kier molecular flexibility index (Phi) is 3.78. The fraction of sp³-hybridized carbons (Fsp3) is 0.562. The first-order chi connectivity index (χ1) is 10.2. The number of nitrogens with zero attached hydrogens (tertiary/aromatic N) is 4. The highest BCUT2D eigenvalue weighted by atomic mass is 16.1. The summed E-state index contributed by atoms with van der Waals surface area (Å²) >= 11 is 0. The third-order valence-electron chi connectivity index (χ3n) is 4.26. The molecule has 0 bridgehead atoms. The van der Waals surface area contributed by atoms with Crippen LogP contribution in [0.15, 0.2) is 11.0 Å². The Labute approximate surface area is 124 Å². The van der Waals surface area contributed by atoms with Gasteiger partial charge in [-0.1, -0.05) is 25.2 Å². The van der Waals surface area contributed by atoms with E-state index in [-0.39, 0.29) is 5.56 Å². The van der Waals surface area contributed by atoms with E-state index in [0.29, 0.717) is 23.5 Å². The SMILES string of the molecule is CC#CCn1c(C2CCCCC2)nc2cnn(C)c(=O)c21. The lowest BCUT2D eigenvalue weighted by atomic mass is 9.88. The van der Waals surface area contributed by atoms with Crippen LogP contribution >= 0.6 is 0 Å². The molecule has 5 heteroatoms. The maximum Gasteiger partial charge on any atom is 0.292 e. The average molecular weight is 284 g/mol. The Morgan fingerprint density at radius 1 is 1.33 bits per heavy atom. The molecule has 3 rings (SSSR count). The van der Waals surface area contributed by atoms with Crippen molar-refractivity contribution in [3.63, 3.8) is 0 Å². The normalized spacial score (nSPS) is 15.9. The van der Waals surface area contributed by atoms with Crippen molar-refractivity contribution in [2.24, 2.45) is 7.05 Å². The second-order valence-corrected chi connectivity index (χ2v) is 5.63. The molecule has 1 aliphatic rings. The number of rotatable bonds is 2. The molecule has 0 atom stereocenters. The van der Waals surface area contributed by atoms with Crippen molar-refractivity contribution >= 4 is 11.0 Å². The average Bonchev–Trinajstić information content (AvgIpc) is 2.89. The van der Waals surface area contributed by atoms with Crippen LogP contribution in [-0.2, 0) is 13.6 Å². The zero-order valence-corrected chi connectivity index (χ0v) is 12.6. The van der Waals surface area contributed by atoms with Gasteiger partial charge in [0.15, 0.2) is 0 Å². The lowest BCUT2D eigenvalue weighted by Gasteiger charge is -2.21. The summed E-state index contributed by atoms with van der Waals surface area (Å²) in [4.78, 5) is 17.1. The summed E-state index contributed by atoms with van der Waals surface area (Å²) in [6.07, 6.45) is 7.76. The summed E-state index contributed by atoms with van der Waals surface area (Å²) in [6.45, 7) is 2.34. The summed E-state index contributed by atoms with van der Waals surface area (Å²) in [6, 6.07) is 0. The molecule has 2 heterocycles. The molecular formula is C16H20N4O. The van der Waals surface area contributed by atoms with Gasteiger partial charge in [-0.25, -0.2) is 9.67 Å². The zero-order chi connectivity index (χ0) is 14.8. The summed E-state index contributed by atoms with van der Waals surface area (Å²) in [7, 11) is 1.67. The molecule has 5 nitrogen and oxygen atoms in total. The Balaban J connectivity index is 2.19. The maximum atomic E-state index is 12.4. The van der Waals surface area contributed by atoms with E-state index in [1.165, 1.54) is 23.9 Å². The molecule has 0 amide bonds. The first-order valence-electron chi connectivity index (χ1n) is 7.54. The second kappa shape index (κ2) is 5.72. The van der Waals surface area contributed by atoms with Crippen LogP contribution in [0.3, 0.4) is 0 Å². The van der Waals surface area contributed by atoms with Crippen LogP contribution in [0.1, 0.15) is 50.8 Å². The van der Waals surface area contributed by atoms with E-state index >= 15 is 0 Å². The molecule has 2 aromatic rings. The van der Waals surface area contributed by atoms with Crippen LogP contribution in [0.2, 0.25) is 0 Å². The largest absolute Gasteiger partial charge is 0.311 e. The molecule has 0 unspecified atom stereocenters. The van der Waals surface area contributed by atoms with E-state index in [2.05, 4.69) is 16.9 Å². The first-order valence-corrected chi connectivity index (χ1v) is 7.54. The summed E-state index contributed by atoms with van der Waals surface area (Å²) in [5.41, 5.74) is 1.23. The molecule has 2 aromatic heterocycles. The minimum absolute atomic E-state index is 0.0973. The molecule has 1 saturated carbocycles. The maximum absolute atomic E-state index is 12.4. The molecule has 1 aliphatic carbocycles. The van der Waals surface area contributed by atoms with Crippen molar-refractivity contribution in [2.75, 3.05) is 0 Å². The molecule has 0 spiro atoms. The Morgan fingerprint density at radius 3 is 2.81 bits per heavy atom. The van der Waals surface area contributed by atoms with Gasteiger partial charge in [-0.2, -0.15) is 5.10 Å². The molecule has 1 fully saturated rings. The lowest BCUT2D eigenvalue weighted by Crippen LogP contribution is -2.22. The first kappa shape index (κ1) is 13.9. The van der Waals surface area contributed by atoms with Gasteiger partial charge in [0.2, 0.25) is 0 Å². The molecule has 110 valence electrons. The van der Waals surface area contributed by atoms with Crippen LogP contribution in [0.5, 0.6) is 0 Å². The van der Waals surface area contributed by atoms with Gasteiger partial charge in [-0.3, -0.25) is 4.79 Å². The van der Waals surface area contributed by atoms with E-state index in [0.717, 1.165) is 18.7 Å². The topological polar surface area (TPSA) is 52.7 Å². The smallest absolute Gasteiger partial charge is 0.292 e. The zero-order valence-electron chi connectivity index (χ0n) is 12.6. The fourth-order valence-electron chi connectivity index (χ4n) is 3.14. The van der Waals surface area contributed by atoms with Gasteiger partial charge < -0.3 is 4.57 Å². The van der Waals surface area contributed by atoms with E-state index in [9.17, 15) is 4.79 Å².